The van der Waals surface area contributed by atoms with Crippen LogP contribution in [0.1, 0.15) is 13.8 Å². The molecular formula is C28H25FO6. The van der Waals surface area contributed by atoms with Gasteiger partial charge in [0, 0.05) is 11.1 Å². The molecule has 0 fully saturated rings. The van der Waals surface area contributed by atoms with E-state index in [-0.39, 0.29) is 19.0 Å². The van der Waals surface area contributed by atoms with E-state index in [0.717, 1.165) is 5.56 Å². The van der Waals surface area contributed by atoms with Crippen LogP contribution in [0.5, 0.6) is 23.0 Å². The number of hydrogen-bond acceptors (Lipinski definition) is 6. The number of rotatable bonds is 10. The number of hydrogen-bond donors (Lipinski definition) is 0. The van der Waals surface area contributed by atoms with Crippen LogP contribution >= 0.6 is 0 Å². The Morgan fingerprint density at radius 3 is 1.66 bits per heavy atom. The molecule has 0 amide bonds. The number of halogens is 1. The number of benzene rings is 3. The second-order valence-electron chi connectivity index (χ2n) is 7.68. The van der Waals surface area contributed by atoms with Crippen molar-refractivity contribution in [1.29, 1.82) is 0 Å². The molecule has 0 aliphatic carbocycles. The summed E-state index contributed by atoms with van der Waals surface area (Å²) < 4.78 is 35.9. The fourth-order valence-electron chi connectivity index (χ4n) is 2.82. The summed E-state index contributed by atoms with van der Waals surface area (Å²) in [6, 6.07) is 17.9. The highest BCUT2D eigenvalue weighted by molar-refractivity contribution is 5.89. The topological polar surface area (TPSA) is 71.1 Å². The van der Waals surface area contributed by atoms with Crippen LogP contribution in [0.4, 0.5) is 4.39 Å². The summed E-state index contributed by atoms with van der Waals surface area (Å²) in [6.07, 6.45) is 0. The Labute approximate surface area is 203 Å². The van der Waals surface area contributed by atoms with Gasteiger partial charge in [0.1, 0.15) is 30.5 Å². The summed E-state index contributed by atoms with van der Waals surface area (Å²) in [4.78, 5) is 23.1. The van der Waals surface area contributed by atoms with E-state index in [4.69, 9.17) is 18.9 Å². The first-order valence-electron chi connectivity index (χ1n) is 10.7. The van der Waals surface area contributed by atoms with Gasteiger partial charge in [-0.15, -0.1) is 0 Å². The lowest BCUT2D eigenvalue weighted by atomic mass is 10.1. The summed E-state index contributed by atoms with van der Waals surface area (Å²) >= 11 is 0. The van der Waals surface area contributed by atoms with Gasteiger partial charge in [-0.25, -0.2) is 14.0 Å². The number of carbonyl (C=O) groups is 2. The molecule has 180 valence electrons. The van der Waals surface area contributed by atoms with Crippen LogP contribution in [-0.4, -0.2) is 25.2 Å². The van der Waals surface area contributed by atoms with Crippen molar-refractivity contribution in [3.63, 3.8) is 0 Å². The average Bonchev–Trinajstić information content (AvgIpc) is 2.84. The third-order valence-corrected chi connectivity index (χ3v) is 4.67. The summed E-state index contributed by atoms with van der Waals surface area (Å²) in [5, 5.41) is 0. The van der Waals surface area contributed by atoms with Crippen LogP contribution in [0, 0.1) is 5.82 Å². The summed E-state index contributed by atoms with van der Waals surface area (Å²) in [6.45, 7) is 10.5. The van der Waals surface area contributed by atoms with E-state index in [9.17, 15) is 14.0 Å². The van der Waals surface area contributed by atoms with Crippen molar-refractivity contribution in [1.82, 2.24) is 0 Å². The van der Waals surface area contributed by atoms with Crippen LogP contribution in [0.25, 0.3) is 11.1 Å². The standard InChI is InChI=1S/C28H25FO6/c1-18(2)27(30)34-23-8-5-20(6-9-23)21-7-14-26(25(29)17-21)33-16-15-32-22-10-12-24(13-11-22)35-28(31)19(3)4/h5-14,17H,1,3,15-16H2,2,4H3. The van der Waals surface area contributed by atoms with Crippen LogP contribution in [0.15, 0.2) is 91.0 Å². The Morgan fingerprint density at radius 2 is 1.14 bits per heavy atom. The van der Waals surface area contributed by atoms with Crippen molar-refractivity contribution >= 4 is 11.9 Å². The molecule has 0 aliphatic rings. The molecule has 0 atom stereocenters. The predicted molar refractivity (Wildman–Crippen MR) is 130 cm³/mol. The molecule has 0 bridgehead atoms. The minimum atomic E-state index is -0.510. The Bertz CT molecular complexity index is 1230. The van der Waals surface area contributed by atoms with Gasteiger partial charge in [-0.05, 0) is 73.5 Å². The van der Waals surface area contributed by atoms with E-state index in [0.29, 0.717) is 34.0 Å². The first kappa shape index (κ1) is 25.2. The molecule has 7 heteroatoms. The largest absolute Gasteiger partial charge is 0.490 e. The number of carbonyl (C=O) groups excluding carboxylic acids is 2. The monoisotopic (exact) mass is 476 g/mol. The van der Waals surface area contributed by atoms with E-state index in [1.807, 2.05) is 0 Å². The number of ether oxygens (including phenoxy) is 4. The van der Waals surface area contributed by atoms with Crippen molar-refractivity contribution in [3.8, 4) is 34.1 Å². The minimum Gasteiger partial charge on any atom is -0.490 e. The molecule has 3 rings (SSSR count). The molecule has 3 aromatic rings. The van der Waals surface area contributed by atoms with Crippen LogP contribution in [0.3, 0.4) is 0 Å². The normalized spacial score (nSPS) is 10.3. The molecule has 0 radical (unpaired) electrons. The highest BCUT2D eigenvalue weighted by Gasteiger charge is 2.09. The van der Waals surface area contributed by atoms with E-state index < -0.39 is 17.8 Å². The molecule has 0 spiro atoms. The first-order valence-corrected chi connectivity index (χ1v) is 10.7. The lowest BCUT2D eigenvalue weighted by Gasteiger charge is -2.11. The predicted octanol–water partition coefficient (Wildman–Crippen LogP) is 5.91. The molecule has 6 nitrogen and oxygen atoms in total. The SMILES string of the molecule is C=C(C)C(=O)Oc1ccc(OCCOc2ccc(-c3ccc(OC(=O)C(=C)C)cc3)cc2F)cc1. The van der Waals surface area contributed by atoms with Gasteiger partial charge >= 0.3 is 11.9 Å². The van der Waals surface area contributed by atoms with E-state index in [1.54, 1.807) is 74.5 Å². The van der Waals surface area contributed by atoms with Crippen molar-refractivity contribution in [2.45, 2.75) is 13.8 Å². The van der Waals surface area contributed by atoms with Gasteiger partial charge in [0.05, 0.1) is 0 Å². The van der Waals surface area contributed by atoms with E-state index >= 15 is 0 Å². The van der Waals surface area contributed by atoms with Gasteiger partial charge in [0.15, 0.2) is 11.6 Å². The molecule has 0 aliphatic heterocycles. The summed E-state index contributed by atoms with van der Waals surface area (Å²) in [5.74, 6) is -0.0973. The highest BCUT2D eigenvalue weighted by atomic mass is 19.1. The zero-order valence-electron chi connectivity index (χ0n) is 19.5. The molecule has 0 saturated heterocycles. The van der Waals surface area contributed by atoms with Crippen LogP contribution in [0.2, 0.25) is 0 Å². The van der Waals surface area contributed by atoms with Gasteiger partial charge in [-0.3, -0.25) is 0 Å². The first-order chi connectivity index (χ1) is 16.7. The quantitative estimate of drug-likeness (QED) is 0.157. The zero-order valence-corrected chi connectivity index (χ0v) is 19.5. The molecule has 35 heavy (non-hydrogen) atoms. The molecule has 0 unspecified atom stereocenters. The third-order valence-electron chi connectivity index (χ3n) is 4.67. The van der Waals surface area contributed by atoms with Gasteiger partial charge in [-0.2, -0.15) is 0 Å². The van der Waals surface area contributed by atoms with Gasteiger partial charge < -0.3 is 18.9 Å². The van der Waals surface area contributed by atoms with Crippen molar-refractivity contribution in [2.24, 2.45) is 0 Å². The lowest BCUT2D eigenvalue weighted by Crippen LogP contribution is -2.10. The fourth-order valence-corrected chi connectivity index (χ4v) is 2.82. The zero-order chi connectivity index (χ0) is 25.4. The summed E-state index contributed by atoms with van der Waals surface area (Å²) in [5.41, 5.74) is 2.02. The molecule has 0 saturated carbocycles. The second-order valence-corrected chi connectivity index (χ2v) is 7.68. The molecule has 0 aromatic heterocycles. The van der Waals surface area contributed by atoms with E-state index in [2.05, 4.69) is 13.2 Å². The molecular weight excluding hydrogens is 451 g/mol. The third kappa shape index (κ3) is 7.30. The summed E-state index contributed by atoms with van der Waals surface area (Å²) in [7, 11) is 0. The van der Waals surface area contributed by atoms with Crippen molar-refractivity contribution in [2.75, 3.05) is 13.2 Å². The van der Waals surface area contributed by atoms with Crippen molar-refractivity contribution in [3.05, 3.63) is 96.9 Å². The van der Waals surface area contributed by atoms with Gasteiger partial charge in [-0.1, -0.05) is 31.4 Å². The molecule has 0 N–H and O–H groups in total. The fraction of sp³-hybridized carbons (Fsp3) is 0.143. The Balaban J connectivity index is 1.50. The molecule has 3 aromatic carbocycles. The Morgan fingerprint density at radius 1 is 0.686 bits per heavy atom. The van der Waals surface area contributed by atoms with E-state index in [1.165, 1.54) is 6.07 Å². The highest BCUT2D eigenvalue weighted by Crippen LogP contribution is 2.27. The maximum Gasteiger partial charge on any atom is 0.338 e. The Hall–Kier alpha value is -4.39. The number of esters is 2. The van der Waals surface area contributed by atoms with Crippen molar-refractivity contribution < 1.29 is 32.9 Å². The van der Waals surface area contributed by atoms with Gasteiger partial charge in [0.25, 0.3) is 0 Å². The van der Waals surface area contributed by atoms with Crippen LogP contribution in [-0.2, 0) is 9.59 Å². The minimum absolute atomic E-state index is 0.103. The molecule has 0 heterocycles. The average molecular weight is 477 g/mol. The smallest absolute Gasteiger partial charge is 0.338 e. The van der Waals surface area contributed by atoms with Crippen LogP contribution < -0.4 is 18.9 Å². The maximum atomic E-state index is 14.5. The Kier molecular flexibility index (Phi) is 8.40. The lowest BCUT2D eigenvalue weighted by molar-refractivity contribution is -0.130. The van der Waals surface area contributed by atoms with Gasteiger partial charge in [0.2, 0.25) is 0 Å². The maximum absolute atomic E-state index is 14.5. The second kappa shape index (κ2) is 11.7.